The van der Waals surface area contributed by atoms with E-state index in [1.807, 2.05) is 6.26 Å². The first-order chi connectivity index (χ1) is 8.26. The molecule has 2 heteroatoms. The number of nitrogens with one attached hydrogen (secondary N) is 1. The van der Waals surface area contributed by atoms with Gasteiger partial charge in [-0.25, -0.2) is 0 Å². The van der Waals surface area contributed by atoms with Crippen molar-refractivity contribution in [1.82, 2.24) is 5.32 Å². The van der Waals surface area contributed by atoms with Gasteiger partial charge in [0.2, 0.25) is 0 Å². The van der Waals surface area contributed by atoms with Crippen molar-refractivity contribution in [2.24, 2.45) is 5.41 Å². The summed E-state index contributed by atoms with van der Waals surface area (Å²) in [7, 11) is 0. The van der Waals surface area contributed by atoms with Gasteiger partial charge < -0.3 is 10.1 Å². The Bertz CT molecular complexity index is 266. The molecule has 1 heterocycles. The first-order valence-corrected chi connectivity index (χ1v) is 7.30. The number of ether oxygens (including phenoxy) is 1. The summed E-state index contributed by atoms with van der Waals surface area (Å²) in [4.78, 5) is 0. The lowest BCUT2D eigenvalue weighted by Crippen LogP contribution is -2.46. The van der Waals surface area contributed by atoms with Gasteiger partial charge in [-0.15, -0.1) is 0 Å². The van der Waals surface area contributed by atoms with Gasteiger partial charge >= 0.3 is 0 Å². The van der Waals surface area contributed by atoms with Crippen molar-refractivity contribution in [3.63, 3.8) is 0 Å². The molecule has 0 aromatic carbocycles. The number of rotatable bonds is 4. The van der Waals surface area contributed by atoms with Crippen molar-refractivity contribution in [2.75, 3.05) is 13.2 Å². The van der Waals surface area contributed by atoms with Crippen molar-refractivity contribution in [3.05, 3.63) is 11.8 Å². The third-order valence-electron chi connectivity index (χ3n) is 4.43. The van der Waals surface area contributed by atoms with Crippen LogP contribution in [0.4, 0.5) is 0 Å². The summed E-state index contributed by atoms with van der Waals surface area (Å²) in [6.07, 6.45) is 11.4. The average Bonchev–Trinajstić information content (AvgIpc) is 2.38. The lowest BCUT2D eigenvalue weighted by atomic mass is 9.68. The van der Waals surface area contributed by atoms with E-state index in [9.17, 15) is 0 Å². The van der Waals surface area contributed by atoms with Gasteiger partial charge in [0, 0.05) is 6.04 Å². The van der Waals surface area contributed by atoms with Crippen LogP contribution in [-0.2, 0) is 4.74 Å². The van der Waals surface area contributed by atoms with Crippen LogP contribution < -0.4 is 5.32 Å². The SMILES string of the molecule is CCNC(C1=COCCC1)C1(C)CCCCC1. The predicted molar refractivity (Wildman–Crippen MR) is 71.9 cm³/mol. The molecule has 1 atom stereocenters. The van der Waals surface area contributed by atoms with E-state index >= 15 is 0 Å². The van der Waals surface area contributed by atoms with Gasteiger partial charge in [0.25, 0.3) is 0 Å². The third kappa shape index (κ3) is 3.04. The topological polar surface area (TPSA) is 21.3 Å². The van der Waals surface area contributed by atoms with Crippen LogP contribution in [0.3, 0.4) is 0 Å². The van der Waals surface area contributed by atoms with E-state index in [1.165, 1.54) is 50.5 Å². The summed E-state index contributed by atoms with van der Waals surface area (Å²) >= 11 is 0. The molecule has 1 aliphatic carbocycles. The summed E-state index contributed by atoms with van der Waals surface area (Å²) < 4.78 is 5.54. The van der Waals surface area contributed by atoms with E-state index in [0.717, 1.165) is 13.2 Å². The maximum Gasteiger partial charge on any atom is 0.0876 e. The minimum atomic E-state index is 0.445. The third-order valence-corrected chi connectivity index (χ3v) is 4.43. The summed E-state index contributed by atoms with van der Waals surface area (Å²) in [5.74, 6) is 0. The average molecular weight is 237 g/mol. The number of hydrogen-bond donors (Lipinski definition) is 1. The first kappa shape index (κ1) is 12.9. The van der Waals surface area contributed by atoms with Crippen molar-refractivity contribution < 1.29 is 4.74 Å². The van der Waals surface area contributed by atoms with Crippen LogP contribution in [-0.4, -0.2) is 19.2 Å². The molecule has 0 aromatic heterocycles. The van der Waals surface area contributed by atoms with E-state index < -0.39 is 0 Å². The summed E-state index contributed by atoms with van der Waals surface area (Å²) in [5, 5.41) is 3.71. The van der Waals surface area contributed by atoms with Crippen molar-refractivity contribution in [1.29, 1.82) is 0 Å². The monoisotopic (exact) mass is 237 g/mol. The molecule has 0 spiro atoms. The fourth-order valence-corrected chi connectivity index (χ4v) is 3.47. The highest BCUT2D eigenvalue weighted by atomic mass is 16.5. The Hall–Kier alpha value is -0.500. The molecule has 1 aliphatic heterocycles. The highest BCUT2D eigenvalue weighted by molar-refractivity contribution is 5.15. The molecule has 0 radical (unpaired) electrons. The van der Waals surface area contributed by atoms with Crippen molar-refractivity contribution >= 4 is 0 Å². The lowest BCUT2D eigenvalue weighted by Gasteiger charge is -2.43. The largest absolute Gasteiger partial charge is 0.501 e. The molecular formula is C15H27NO. The number of hydrogen-bond acceptors (Lipinski definition) is 2. The van der Waals surface area contributed by atoms with E-state index in [-0.39, 0.29) is 0 Å². The first-order valence-electron chi connectivity index (χ1n) is 7.30. The quantitative estimate of drug-likeness (QED) is 0.806. The molecule has 1 saturated carbocycles. The van der Waals surface area contributed by atoms with E-state index in [0.29, 0.717) is 11.5 Å². The number of likely N-dealkylation sites (N-methyl/N-ethyl adjacent to an activating group) is 1. The molecule has 0 bridgehead atoms. The van der Waals surface area contributed by atoms with Crippen molar-refractivity contribution in [3.8, 4) is 0 Å². The van der Waals surface area contributed by atoms with Gasteiger partial charge in [-0.2, -0.15) is 0 Å². The van der Waals surface area contributed by atoms with Gasteiger partial charge in [0.1, 0.15) is 0 Å². The minimum absolute atomic E-state index is 0.445. The van der Waals surface area contributed by atoms with Crippen LogP contribution in [0.25, 0.3) is 0 Å². The van der Waals surface area contributed by atoms with Crippen LogP contribution in [0.15, 0.2) is 11.8 Å². The van der Waals surface area contributed by atoms with Gasteiger partial charge in [-0.1, -0.05) is 33.1 Å². The Balaban J connectivity index is 2.11. The van der Waals surface area contributed by atoms with Crippen molar-refractivity contribution in [2.45, 2.75) is 64.8 Å². The zero-order valence-corrected chi connectivity index (χ0v) is 11.4. The van der Waals surface area contributed by atoms with Gasteiger partial charge in [0.05, 0.1) is 12.9 Å². The Morgan fingerprint density at radius 2 is 2.06 bits per heavy atom. The fraction of sp³-hybridized carbons (Fsp3) is 0.867. The van der Waals surface area contributed by atoms with Crippen LogP contribution >= 0.6 is 0 Å². The molecule has 98 valence electrons. The van der Waals surface area contributed by atoms with Crippen LogP contribution in [0.5, 0.6) is 0 Å². The normalized spacial score (nSPS) is 25.9. The van der Waals surface area contributed by atoms with Gasteiger partial charge in [0.15, 0.2) is 0 Å². The molecule has 17 heavy (non-hydrogen) atoms. The molecule has 0 saturated heterocycles. The molecule has 1 fully saturated rings. The summed E-state index contributed by atoms with van der Waals surface area (Å²) in [6.45, 7) is 6.63. The summed E-state index contributed by atoms with van der Waals surface area (Å²) in [6, 6.07) is 0.535. The Morgan fingerprint density at radius 3 is 2.65 bits per heavy atom. The zero-order chi connectivity index (χ0) is 12.1. The molecule has 2 aliphatic rings. The molecular weight excluding hydrogens is 210 g/mol. The van der Waals surface area contributed by atoms with E-state index in [2.05, 4.69) is 19.2 Å². The Labute approximate surface area is 106 Å². The maximum absolute atomic E-state index is 5.54. The highest BCUT2D eigenvalue weighted by Crippen LogP contribution is 2.42. The highest BCUT2D eigenvalue weighted by Gasteiger charge is 2.37. The van der Waals surface area contributed by atoms with Crippen LogP contribution in [0.2, 0.25) is 0 Å². The molecule has 1 N–H and O–H groups in total. The van der Waals surface area contributed by atoms with Gasteiger partial charge in [-0.05, 0) is 43.2 Å². The zero-order valence-electron chi connectivity index (χ0n) is 11.4. The van der Waals surface area contributed by atoms with E-state index in [1.54, 1.807) is 0 Å². The van der Waals surface area contributed by atoms with E-state index in [4.69, 9.17) is 4.74 Å². The standard InChI is InChI=1S/C15H27NO/c1-3-16-14(13-8-7-11-17-12-13)15(2)9-5-4-6-10-15/h12,14,16H,3-11H2,1-2H3. The van der Waals surface area contributed by atoms with Crippen LogP contribution in [0, 0.1) is 5.41 Å². The Kier molecular flexibility index (Phi) is 4.49. The lowest BCUT2D eigenvalue weighted by molar-refractivity contribution is 0.147. The van der Waals surface area contributed by atoms with Gasteiger partial charge in [-0.3, -0.25) is 0 Å². The van der Waals surface area contributed by atoms with Crippen LogP contribution in [0.1, 0.15) is 58.8 Å². The predicted octanol–water partition coefficient (Wildman–Crippen LogP) is 3.63. The molecule has 1 unspecified atom stereocenters. The second-order valence-electron chi connectivity index (χ2n) is 5.87. The molecule has 2 nitrogen and oxygen atoms in total. The molecule has 2 rings (SSSR count). The Morgan fingerprint density at radius 1 is 1.29 bits per heavy atom. The maximum atomic E-state index is 5.54. The smallest absolute Gasteiger partial charge is 0.0876 e. The second kappa shape index (κ2) is 5.90. The fourth-order valence-electron chi connectivity index (χ4n) is 3.47. The molecule has 0 aromatic rings. The minimum Gasteiger partial charge on any atom is -0.501 e. The molecule has 0 amide bonds. The summed E-state index contributed by atoms with van der Waals surface area (Å²) in [5.41, 5.74) is 1.95. The second-order valence-corrected chi connectivity index (χ2v) is 5.87.